The summed E-state index contributed by atoms with van der Waals surface area (Å²) in [6.07, 6.45) is 6.98. The van der Waals surface area contributed by atoms with E-state index in [4.69, 9.17) is 4.74 Å². The van der Waals surface area contributed by atoms with Crippen molar-refractivity contribution in [2.45, 2.75) is 26.2 Å². The molecule has 0 N–H and O–H groups in total. The maximum absolute atomic E-state index is 12.1. The lowest BCUT2D eigenvalue weighted by molar-refractivity contribution is -0.126. The molecular formula is C16H21NO2. The molecule has 1 aromatic carbocycles. The van der Waals surface area contributed by atoms with Gasteiger partial charge >= 0.3 is 0 Å². The van der Waals surface area contributed by atoms with Crippen molar-refractivity contribution in [2.24, 2.45) is 0 Å². The molecule has 19 heavy (non-hydrogen) atoms. The first-order chi connectivity index (χ1) is 9.20. The third-order valence-corrected chi connectivity index (χ3v) is 3.46. The number of hydrogen-bond donors (Lipinski definition) is 0. The lowest BCUT2D eigenvalue weighted by atomic mass is 10.1. The minimum atomic E-state index is 0.100. The van der Waals surface area contributed by atoms with Gasteiger partial charge in [0.15, 0.2) is 0 Å². The van der Waals surface area contributed by atoms with Crippen LogP contribution in [0.25, 0.3) is 6.08 Å². The van der Waals surface area contributed by atoms with Crippen molar-refractivity contribution in [2.75, 3.05) is 20.2 Å². The van der Waals surface area contributed by atoms with Crippen molar-refractivity contribution in [3.8, 4) is 5.75 Å². The Kier molecular flexibility index (Phi) is 4.61. The molecule has 102 valence electrons. The fraction of sp³-hybridized carbons (Fsp3) is 0.438. The van der Waals surface area contributed by atoms with E-state index in [1.54, 1.807) is 13.2 Å². The molecule has 1 aliphatic heterocycles. The first-order valence-corrected chi connectivity index (χ1v) is 6.82. The van der Waals surface area contributed by atoms with E-state index in [9.17, 15) is 4.79 Å². The molecule has 1 aromatic rings. The lowest BCUT2D eigenvalue weighted by Gasteiger charge is -2.25. The highest BCUT2D eigenvalue weighted by Gasteiger charge is 2.13. The van der Waals surface area contributed by atoms with Gasteiger partial charge in [0.25, 0.3) is 0 Å². The standard InChI is InChI=1S/C16H21NO2/c1-13-6-8-15(19-2)14(12-13)7-9-16(18)17-10-4-3-5-11-17/h6-9,12H,3-5,10-11H2,1-2H3/b9-7+. The largest absolute Gasteiger partial charge is 0.496 e. The first kappa shape index (κ1) is 13.7. The molecule has 0 aromatic heterocycles. The summed E-state index contributed by atoms with van der Waals surface area (Å²) in [7, 11) is 1.65. The van der Waals surface area contributed by atoms with Crippen molar-refractivity contribution >= 4 is 12.0 Å². The minimum absolute atomic E-state index is 0.100. The highest BCUT2D eigenvalue weighted by Crippen LogP contribution is 2.21. The number of carbonyl (C=O) groups excluding carboxylic acids is 1. The smallest absolute Gasteiger partial charge is 0.246 e. The second-order valence-electron chi connectivity index (χ2n) is 4.96. The number of aryl methyl sites for hydroxylation is 1. The summed E-state index contributed by atoms with van der Waals surface area (Å²) >= 11 is 0. The molecule has 1 saturated heterocycles. The van der Waals surface area contributed by atoms with Gasteiger partial charge in [0.1, 0.15) is 5.75 Å². The Balaban J connectivity index is 2.08. The number of methoxy groups -OCH3 is 1. The van der Waals surface area contributed by atoms with Crippen LogP contribution in [0.3, 0.4) is 0 Å². The van der Waals surface area contributed by atoms with Gasteiger partial charge in [-0.3, -0.25) is 4.79 Å². The number of rotatable bonds is 3. The van der Waals surface area contributed by atoms with Gasteiger partial charge in [-0.05, 0) is 44.4 Å². The molecule has 0 spiro atoms. The summed E-state index contributed by atoms with van der Waals surface area (Å²) in [5.74, 6) is 0.900. The minimum Gasteiger partial charge on any atom is -0.496 e. The Hall–Kier alpha value is -1.77. The van der Waals surface area contributed by atoms with E-state index in [-0.39, 0.29) is 5.91 Å². The molecule has 3 heteroatoms. The zero-order chi connectivity index (χ0) is 13.7. The van der Waals surface area contributed by atoms with Crippen LogP contribution in [-0.4, -0.2) is 31.0 Å². The third-order valence-electron chi connectivity index (χ3n) is 3.46. The van der Waals surface area contributed by atoms with Crippen molar-refractivity contribution in [1.29, 1.82) is 0 Å². The van der Waals surface area contributed by atoms with Crippen LogP contribution in [0, 0.1) is 6.92 Å². The van der Waals surface area contributed by atoms with Crippen molar-refractivity contribution < 1.29 is 9.53 Å². The quantitative estimate of drug-likeness (QED) is 0.781. The zero-order valence-corrected chi connectivity index (χ0v) is 11.7. The lowest BCUT2D eigenvalue weighted by Crippen LogP contribution is -2.34. The van der Waals surface area contributed by atoms with E-state index in [0.29, 0.717) is 0 Å². The number of carbonyl (C=O) groups is 1. The van der Waals surface area contributed by atoms with Gasteiger partial charge in [-0.1, -0.05) is 11.6 Å². The Morgan fingerprint density at radius 3 is 2.68 bits per heavy atom. The Labute approximate surface area is 114 Å². The summed E-state index contributed by atoms with van der Waals surface area (Å²) in [5.41, 5.74) is 2.11. The molecular weight excluding hydrogens is 238 g/mol. The molecule has 1 amide bonds. The van der Waals surface area contributed by atoms with Crippen molar-refractivity contribution in [3.05, 3.63) is 35.4 Å². The van der Waals surface area contributed by atoms with Gasteiger partial charge < -0.3 is 9.64 Å². The first-order valence-electron chi connectivity index (χ1n) is 6.82. The maximum Gasteiger partial charge on any atom is 0.246 e. The van der Waals surface area contributed by atoms with Crippen LogP contribution in [0.4, 0.5) is 0 Å². The normalized spacial score (nSPS) is 15.8. The number of nitrogens with zero attached hydrogens (tertiary/aromatic N) is 1. The average Bonchev–Trinajstić information content (AvgIpc) is 2.46. The van der Waals surface area contributed by atoms with Gasteiger partial charge in [-0.15, -0.1) is 0 Å². The number of hydrogen-bond acceptors (Lipinski definition) is 2. The second kappa shape index (κ2) is 6.41. The van der Waals surface area contributed by atoms with E-state index < -0.39 is 0 Å². The Morgan fingerprint density at radius 2 is 2.00 bits per heavy atom. The highest BCUT2D eigenvalue weighted by molar-refractivity contribution is 5.92. The van der Waals surface area contributed by atoms with E-state index in [2.05, 4.69) is 0 Å². The summed E-state index contributed by atoms with van der Waals surface area (Å²) in [4.78, 5) is 14.0. The molecule has 3 nitrogen and oxygen atoms in total. The number of ether oxygens (including phenoxy) is 1. The Morgan fingerprint density at radius 1 is 1.26 bits per heavy atom. The van der Waals surface area contributed by atoms with Crippen molar-refractivity contribution in [1.82, 2.24) is 4.90 Å². The van der Waals surface area contributed by atoms with Crippen LogP contribution in [-0.2, 0) is 4.79 Å². The van der Waals surface area contributed by atoms with E-state index in [1.807, 2.05) is 36.1 Å². The molecule has 2 rings (SSSR count). The van der Waals surface area contributed by atoms with Crippen LogP contribution in [0.2, 0.25) is 0 Å². The van der Waals surface area contributed by atoms with Gasteiger partial charge in [0, 0.05) is 24.7 Å². The van der Waals surface area contributed by atoms with Crippen LogP contribution in [0.5, 0.6) is 5.75 Å². The fourth-order valence-corrected chi connectivity index (χ4v) is 2.36. The molecule has 1 fully saturated rings. The second-order valence-corrected chi connectivity index (χ2v) is 4.96. The zero-order valence-electron chi connectivity index (χ0n) is 11.7. The molecule has 0 aliphatic carbocycles. The highest BCUT2D eigenvalue weighted by atomic mass is 16.5. The van der Waals surface area contributed by atoms with Gasteiger partial charge in [-0.2, -0.15) is 0 Å². The summed E-state index contributed by atoms with van der Waals surface area (Å²) in [6, 6.07) is 5.96. The SMILES string of the molecule is COc1ccc(C)cc1/C=C/C(=O)N1CCCCC1. The van der Waals surface area contributed by atoms with Gasteiger partial charge in [0.2, 0.25) is 5.91 Å². The number of amides is 1. The van der Waals surface area contributed by atoms with E-state index >= 15 is 0 Å². The average molecular weight is 259 g/mol. The van der Waals surface area contributed by atoms with Crippen LogP contribution < -0.4 is 4.74 Å². The third kappa shape index (κ3) is 3.60. The van der Waals surface area contributed by atoms with E-state index in [0.717, 1.165) is 42.8 Å². The summed E-state index contributed by atoms with van der Waals surface area (Å²) < 4.78 is 5.30. The van der Waals surface area contributed by atoms with Crippen molar-refractivity contribution in [3.63, 3.8) is 0 Å². The van der Waals surface area contributed by atoms with Gasteiger partial charge in [0.05, 0.1) is 7.11 Å². The maximum atomic E-state index is 12.1. The number of piperidine rings is 1. The summed E-state index contributed by atoms with van der Waals surface area (Å²) in [5, 5.41) is 0. The van der Waals surface area contributed by atoms with Gasteiger partial charge in [-0.25, -0.2) is 0 Å². The van der Waals surface area contributed by atoms with Crippen LogP contribution in [0.1, 0.15) is 30.4 Å². The number of likely N-dealkylation sites (tertiary alicyclic amines) is 1. The predicted octanol–water partition coefficient (Wildman–Crippen LogP) is 3.03. The van der Waals surface area contributed by atoms with Crippen LogP contribution in [0.15, 0.2) is 24.3 Å². The molecule has 0 unspecified atom stereocenters. The fourth-order valence-electron chi connectivity index (χ4n) is 2.36. The van der Waals surface area contributed by atoms with E-state index in [1.165, 1.54) is 6.42 Å². The van der Waals surface area contributed by atoms with Crippen LogP contribution >= 0.6 is 0 Å². The summed E-state index contributed by atoms with van der Waals surface area (Å²) in [6.45, 7) is 3.80. The molecule has 0 atom stereocenters. The molecule has 0 bridgehead atoms. The molecule has 0 radical (unpaired) electrons. The predicted molar refractivity (Wildman–Crippen MR) is 77.2 cm³/mol. The molecule has 1 aliphatic rings. The Bertz CT molecular complexity index is 474. The monoisotopic (exact) mass is 259 g/mol. The topological polar surface area (TPSA) is 29.5 Å². The number of benzene rings is 1. The molecule has 0 saturated carbocycles. The molecule has 1 heterocycles.